The maximum atomic E-state index is 10.8. The molecule has 1 atom stereocenters. The fourth-order valence-corrected chi connectivity index (χ4v) is 2.47. The smallest absolute Gasteiger partial charge is 0.304 e. The lowest BCUT2D eigenvalue weighted by Gasteiger charge is -2.08. The summed E-state index contributed by atoms with van der Waals surface area (Å²) in [5.41, 5.74) is 1.05. The molecule has 1 heterocycles. The highest BCUT2D eigenvalue weighted by Crippen LogP contribution is 2.40. The van der Waals surface area contributed by atoms with Gasteiger partial charge in [-0.15, -0.1) is 0 Å². The van der Waals surface area contributed by atoms with E-state index in [1.54, 1.807) is 0 Å². The van der Waals surface area contributed by atoms with Crippen LogP contribution < -0.4 is 4.74 Å². The molecule has 0 fully saturated rings. The molecule has 3 rings (SSSR count). The minimum absolute atomic E-state index is 0.0337. The first-order valence-corrected chi connectivity index (χ1v) is 5.62. The van der Waals surface area contributed by atoms with Gasteiger partial charge in [-0.1, -0.05) is 30.3 Å². The molecular formula is C14H12O3. The second kappa shape index (κ2) is 3.77. The summed E-state index contributed by atoms with van der Waals surface area (Å²) in [6, 6.07) is 12.0. The predicted molar refractivity (Wildman–Crippen MR) is 64.4 cm³/mol. The first-order valence-electron chi connectivity index (χ1n) is 5.62. The molecule has 0 aromatic heterocycles. The van der Waals surface area contributed by atoms with Crippen molar-refractivity contribution in [3.05, 3.63) is 42.0 Å². The Labute approximate surface area is 98.6 Å². The molecule has 0 aliphatic carbocycles. The van der Waals surface area contributed by atoms with Crippen molar-refractivity contribution in [3.63, 3.8) is 0 Å². The largest absolute Gasteiger partial charge is 0.493 e. The van der Waals surface area contributed by atoms with Crippen molar-refractivity contribution in [2.75, 3.05) is 6.61 Å². The number of rotatable bonds is 2. The number of aliphatic carboxylic acids is 1. The lowest BCUT2D eigenvalue weighted by molar-refractivity contribution is -0.137. The lowest BCUT2D eigenvalue weighted by atomic mass is 9.93. The Kier molecular flexibility index (Phi) is 2.25. The molecule has 0 saturated heterocycles. The molecule has 0 radical (unpaired) electrons. The van der Waals surface area contributed by atoms with Crippen LogP contribution in [-0.4, -0.2) is 17.7 Å². The van der Waals surface area contributed by atoms with E-state index in [1.807, 2.05) is 36.4 Å². The number of ether oxygens (including phenoxy) is 1. The van der Waals surface area contributed by atoms with Crippen LogP contribution in [0.2, 0.25) is 0 Å². The molecule has 2 aromatic carbocycles. The summed E-state index contributed by atoms with van der Waals surface area (Å²) >= 11 is 0. The Balaban J connectivity index is 2.17. The second-order valence-corrected chi connectivity index (χ2v) is 4.30. The van der Waals surface area contributed by atoms with Gasteiger partial charge < -0.3 is 9.84 Å². The Morgan fingerprint density at radius 1 is 1.29 bits per heavy atom. The molecule has 1 unspecified atom stereocenters. The van der Waals surface area contributed by atoms with Crippen molar-refractivity contribution in [2.45, 2.75) is 12.3 Å². The van der Waals surface area contributed by atoms with E-state index in [-0.39, 0.29) is 12.3 Å². The van der Waals surface area contributed by atoms with Crippen LogP contribution in [-0.2, 0) is 4.79 Å². The van der Waals surface area contributed by atoms with E-state index in [2.05, 4.69) is 0 Å². The molecule has 3 nitrogen and oxygen atoms in total. The van der Waals surface area contributed by atoms with Crippen LogP contribution in [0.4, 0.5) is 0 Å². The summed E-state index contributed by atoms with van der Waals surface area (Å²) < 4.78 is 5.56. The van der Waals surface area contributed by atoms with Crippen molar-refractivity contribution in [1.29, 1.82) is 0 Å². The number of carboxylic acids is 1. The first kappa shape index (κ1) is 10.1. The van der Waals surface area contributed by atoms with E-state index in [9.17, 15) is 4.79 Å². The Bertz CT molecular complexity index is 589. The molecule has 0 saturated carbocycles. The van der Waals surface area contributed by atoms with Gasteiger partial charge in [-0.05, 0) is 16.8 Å². The average molecular weight is 228 g/mol. The van der Waals surface area contributed by atoms with Crippen LogP contribution in [0.25, 0.3) is 10.8 Å². The van der Waals surface area contributed by atoms with E-state index in [1.165, 1.54) is 0 Å². The zero-order valence-corrected chi connectivity index (χ0v) is 9.22. The highest BCUT2D eigenvalue weighted by atomic mass is 16.5. The molecule has 3 heteroatoms. The van der Waals surface area contributed by atoms with Crippen LogP contribution >= 0.6 is 0 Å². The Morgan fingerprint density at radius 2 is 2.12 bits per heavy atom. The van der Waals surface area contributed by atoms with E-state index < -0.39 is 5.97 Å². The average Bonchev–Trinajstić information content (AvgIpc) is 2.72. The van der Waals surface area contributed by atoms with Crippen LogP contribution in [0.3, 0.4) is 0 Å². The fraction of sp³-hybridized carbons (Fsp3) is 0.214. The van der Waals surface area contributed by atoms with Crippen molar-refractivity contribution in [1.82, 2.24) is 0 Å². The van der Waals surface area contributed by atoms with Gasteiger partial charge in [0.15, 0.2) is 0 Å². The zero-order chi connectivity index (χ0) is 11.8. The number of benzene rings is 2. The molecule has 1 aliphatic heterocycles. The maximum absolute atomic E-state index is 10.8. The van der Waals surface area contributed by atoms with Crippen molar-refractivity contribution in [2.24, 2.45) is 0 Å². The highest BCUT2D eigenvalue weighted by Gasteiger charge is 2.27. The molecular weight excluding hydrogens is 216 g/mol. The predicted octanol–water partition coefficient (Wildman–Crippen LogP) is 2.79. The number of hydrogen-bond acceptors (Lipinski definition) is 2. The van der Waals surface area contributed by atoms with Crippen molar-refractivity contribution < 1.29 is 14.6 Å². The normalized spacial score (nSPS) is 17.8. The number of carboxylic acid groups (broad SMARTS) is 1. The van der Waals surface area contributed by atoms with Crippen LogP contribution in [0.1, 0.15) is 17.9 Å². The van der Waals surface area contributed by atoms with Gasteiger partial charge in [-0.2, -0.15) is 0 Å². The SMILES string of the molecule is O=C(O)CC1COc2ccc3ccccc3c21. The summed E-state index contributed by atoms with van der Waals surface area (Å²) in [5, 5.41) is 11.2. The van der Waals surface area contributed by atoms with E-state index in [4.69, 9.17) is 9.84 Å². The van der Waals surface area contributed by atoms with Gasteiger partial charge in [-0.3, -0.25) is 4.79 Å². The third kappa shape index (κ3) is 1.64. The van der Waals surface area contributed by atoms with Gasteiger partial charge >= 0.3 is 5.97 Å². The number of carbonyl (C=O) groups is 1. The third-order valence-corrected chi connectivity index (χ3v) is 3.20. The minimum Gasteiger partial charge on any atom is -0.493 e. The summed E-state index contributed by atoms with van der Waals surface area (Å²) in [7, 11) is 0. The molecule has 2 aromatic rings. The first-order chi connectivity index (χ1) is 8.25. The molecule has 1 aliphatic rings. The standard InChI is InChI=1S/C14H12O3/c15-13(16)7-10-8-17-12-6-5-9-3-1-2-4-11(9)14(10)12/h1-6,10H,7-8H2,(H,15,16). The Morgan fingerprint density at radius 3 is 2.94 bits per heavy atom. The topological polar surface area (TPSA) is 46.5 Å². The van der Waals surface area contributed by atoms with Gasteiger partial charge in [0, 0.05) is 11.5 Å². The fourth-order valence-electron chi connectivity index (χ4n) is 2.47. The molecule has 17 heavy (non-hydrogen) atoms. The minimum atomic E-state index is -0.778. The molecule has 0 bridgehead atoms. The summed E-state index contributed by atoms with van der Waals surface area (Å²) in [6.07, 6.45) is 0.126. The molecule has 0 amide bonds. The quantitative estimate of drug-likeness (QED) is 0.859. The number of hydrogen-bond donors (Lipinski definition) is 1. The monoisotopic (exact) mass is 228 g/mol. The van der Waals surface area contributed by atoms with E-state index in [0.717, 1.165) is 22.1 Å². The lowest BCUT2D eigenvalue weighted by Crippen LogP contribution is -2.07. The van der Waals surface area contributed by atoms with Gasteiger partial charge in [0.25, 0.3) is 0 Å². The number of fused-ring (bicyclic) bond motifs is 3. The third-order valence-electron chi connectivity index (χ3n) is 3.20. The Hall–Kier alpha value is -2.03. The van der Waals surface area contributed by atoms with Crippen LogP contribution in [0, 0.1) is 0 Å². The van der Waals surface area contributed by atoms with E-state index in [0.29, 0.717) is 6.61 Å². The van der Waals surface area contributed by atoms with Crippen LogP contribution in [0.5, 0.6) is 5.75 Å². The molecule has 86 valence electrons. The molecule has 0 spiro atoms. The van der Waals surface area contributed by atoms with Gasteiger partial charge in [0.1, 0.15) is 5.75 Å². The second-order valence-electron chi connectivity index (χ2n) is 4.30. The van der Waals surface area contributed by atoms with Crippen molar-refractivity contribution in [3.8, 4) is 5.75 Å². The van der Waals surface area contributed by atoms with Gasteiger partial charge in [0.05, 0.1) is 13.0 Å². The summed E-state index contributed by atoms with van der Waals surface area (Å²) in [4.78, 5) is 10.8. The zero-order valence-electron chi connectivity index (χ0n) is 9.22. The van der Waals surface area contributed by atoms with Gasteiger partial charge in [0.2, 0.25) is 0 Å². The van der Waals surface area contributed by atoms with Gasteiger partial charge in [-0.25, -0.2) is 0 Å². The van der Waals surface area contributed by atoms with Crippen LogP contribution in [0.15, 0.2) is 36.4 Å². The highest BCUT2D eigenvalue weighted by molar-refractivity contribution is 5.89. The van der Waals surface area contributed by atoms with Crippen molar-refractivity contribution >= 4 is 16.7 Å². The summed E-state index contributed by atoms with van der Waals surface area (Å²) in [6.45, 7) is 0.468. The molecule has 1 N–H and O–H groups in total. The van der Waals surface area contributed by atoms with E-state index >= 15 is 0 Å². The summed E-state index contributed by atoms with van der Waals surface area (Å²) in [5.74, 6) is 0.0166. The maximum Gasteiger partial charge on any atom is 0.304 e.